The van der Waals surface area contributed by atoms with E-state index in [0.717, 1.165) is 24.4 Å². The van der Waals surface area contributed by atoms with Crippen LogP contribution in [0, 0.1) is 0 Å². The average Bonchev–Trinajstić information content (AvgIpc) is 2.53. The van der Waals surface area contributed by atoms with E-state index in [1.165, 1.54) is 32.1 Å². The van der Waals surface area contributed by atoms with Crippen molar-refractivity contribution in [1.82, 2.24) is 4.90 Å². The van der Waals surface area contributed by atoms with Crippen LogP contribution in [0.5, 0.6) is 5.75 Å². The average molecular weight is 291 g/mol. The standard InChI is InChI=1S/C16H26BNO3/c1-3-18(14-7-5-4-6-8-14)12-13-11-15(21-2)9-10-16(13)17(19)20/h9-11,14,19-20H,3-8,12H2,1-2H3. The number of rotatable bonds is 6. The molecular weight excluding hydrogens is 265 g/mol. The fourth-order valence-electron chi connectivity index (χ4n) is 3.26. The quantitative estimate of drug-likeness (QED) is 0.781. The molecule has 0 heterocycles. The van der Waals surface area contributed by atoms with Gasteiger partial charge in [-0.3, -0.25) is 4.90 Å². The zero-order valence-electron chi connectivity index (χ0n) is 13.1. The van der Waals surface area contributed by atoms with Gasteiger partial charge in [-0.25, -0.2) is 0 Å². The van der Waals surface area contributed by atoms with E-state index < -0.39 is 7.12 Å². The molecule has 4 nitrogen and oxygen atoms in total. The fraction of sp³-hybridized carbons (Fsp3) is 0.625. The van der Waals surface area contributed by atoms with Crippen LogP contribution in [0.1, 0.15) is 44.6 Å². The van der Waals surface area contributed by atoms with Crippen LogP contribution in [0.25, 0.3) is 0 Å². The number of benzene rings is 1. The molecule has 0 bridgehead atoms. The minimum Gasteiger partial charge on any atom is -0.497 e. The van der Waals surface area contributed by atoms with Crippen LogP contribution in [0.4, 0.5) is 0 Å². The molecule has 5 heteroatoms. The molecule has 2 rings (SSSR count). The van der Waals surface area contributed by atoms with Gasteiger partial charge in [-0.1, -0.05) is 32.3 Å². The summed E-state index contributed by atoms with van der Waals surface area (Å²) in [4.78, 5) is 2.44. The van der Waals surface area contributed by atoms with E-state index in [4.69, 9.17) is 4.74 Å². The van der Waals surface area contributed by atoms with Crippen molar-refractivity contribution in [3.05, 3.63) is 23.8 Å². The molecule has 0 aromatic heterocycles. The first-order chi connectivity index (χ1) is 10.2. The summed E-state index contributed by atoms with van der Waals surface area (Å²) in [5, 5.41) is 19.1. The Labute approximate surface area is 127 Å². The molecule has 1 aliphatic carbocycles. The lowest BCUT2D eigenvalue weighted by Gasteiger charge is -2.34. The number of methoxy groups -OCH3 is 1. The normalized spacial score (nSPS) is 16.2. The van der Waals surface area contributed by atoms with E-state index in [1.54, 1.807) is 19.2 Å². The summed E-state index contributed by atoms with van der Waals surface area (Å²) >= 11 is 0. The molecular formula is C16H26BNO3. The molecule has 116 valence electrons. The largest absolute Gasteiger partial charge is 0.497 e. The molecule has 0 amide bonds. The zero-order valence-corrected chi connectivity index (χ0v) is 13.1. The minimum absolute atomic E-state index is 0.574. The molecule has 1 aromatic carbocycles. The van der Waals surface area contributed by atoms with E-state index >= 15 is 0 Å². The van der Waals surface area contributed by atoms with Crippen LogP contribution in [0.3, 0.4) is 0 Å². The summed E-state index contributed by atoms with van der Waals surface area (Å²) in [5.74, 6) is 0.758. The van der Waals surface area contributed by atoms with Gasteiger partial charge < -0.3 is 14.8 Å². The van der Waals surface area contributed by atoms with Crippen molar-refractivity contribution < 1.29 is 14.8 Å². The van der Waals surface area contributed by atoms with Gasteiger partial charge in [-0.05, 0) is 42.5 Å². The highest BCUT2D eigenvalue weighted by molar-refractivity contribution is 6.59. The van der Waals surface area contributed by atoms with Crippen molar-refractivity contribution in [2.75, 3.05) is 13.7 Å². The Morgan fingerprint density at radius 3 is 2.52 bits per heavy atom. The third-order valence-corrected chi connectivity index (χ3v) is 4.50. The molecule has 2 N–H and O–H groups in total. The summed E-state index contributed by atoms with van der Waals surface area (Å²) in [7, 11) is 0.198. The van der Waals surface area contributed by atoms with E-state index in [2.05, 4.69) is 11.8 Å². The van der Waals surface area contributed by atoms with Gasteiger partial charge in [0.25, 0.3) is 0 Å². The van der Waals surface area contributed by atoms with Crippen LogP contribution in [-0.2, 0) is 6.54 Å². The third kappa shape index (κ3) is 4.22. The second-order valence-electron chi connectivity index (χ2n) is 5.79. The van der Waals surface area contributed by atoms with Gasteiger partial charge in [0.2, 0.25) is 0 Å². The summed E-state index contributed by atoms with van der Waals surface area (Å²) < 4.78 is 5.27. The first-order valence-corrected chi connectivity index (χ1v) is 7.92. The maximum Gasteiger partial charge on any atom is 0.488 e. The maximum atomic E-state index is 9.56. The molecule has 0 spiro atoms. The lowest BCUT2D eigenvalue weighted by atomic mass is 9.76. The Balaban J connectivity index is 2.18. The minimum atomic E-state index is -1.43. The molecule has 0 atom stereocenters. The van der Waals surface area contributed by atoms with E-state index in [9.17, 15) is 10.0 Å². The monoisotopic (exact) mass is 291 g/mol. The molecule has 0 radical (unpaired) electrons. The van der Waals surface area contributed by atoms with Crippen molar-refractivity contribution in [3.8, 4) is 5.75 Å². The van der Waals surface area contributed by atoms with Gasteiger partial charge in [-0.2, -0.15) is 0 Å². The maximum absolute atomic E-state index is 9.56. The molecule has 1 aliphatic rings. The Kier molecular flexibility index (Phi) is 6.09. The summed E-state index contributed by atoms with van der Waals surface area (Å²) in [6, 6.07) is 6.04. The second kappa shape index (κ2) is 7.83. The number of hydrogen-bond donors (Lipinski definition) is 2. The molecule has 21 heavy (non-hydrogen) atoms. The zero-order chi connectivity index (χ0) is 15.2. The lowest BCUT2D eigenvalue weighted by molar-refractivity contribution is 0.156. The Bertz CT molecular complexity index is 447. The van der Waals surface area contributed by atoms with E-state index in [0.29, 0.717) is 11.5 Å². The summed E-state index contributed by atoms with van der Waals surface area (Å²) in [6.07, 6.45) is 6.43. The molecule has 0 unspecified atom stereocenters. The highest BCUT2D eigenvalue weighted by atomic mass is 16.5. The van der Waals surface area contributed by atoms with E-state index in [1.807, 2.05) is 6.07 Å². The molecule has 0 saturated heterocycles. The first-order valence-electron chi connectivity index (χ1n) is 7.92. The summed E-state index contributed by atoms with van der Waals surface area (Å²) in [5.41, 5.74) is 1.52. The van der Waals surface area contributed by atoms with Gasteiger partial charge in [0, 0.05) is 12.6 Å². The van der Waals surface area contributed by atoms with Crippen LogP contribution < -0.4 is 10.2 Å². The Hall–Kier alpha value is -1.04. The van der Waals surface area contributed by atoms with Gasteiger partial charge in [0.15, 0.2) is 0 Å². The van der Waals surface area contributed by atoms with Gasteiger partial charge in [0.05, 0.1) is 7.11 Å². The molecule has 1 fully saturated rings. The predicted molar refractivity (Wildman–Crippen MR) is 85.8 cm³/mol. The van der Waals surface area contributed by atoms with Crippen LogP contribution >= 0.6 is 0 Å². The van der Waals surface area contributed by atoms with Crippen LogP contribution in [0.15, 0.2) is 18.2 Å². The predicted octanol–water partition coefficient (Wildman–Crippen LogP) is 1.53. The number of hydrogen-bond acceptors (Lipinski definition) is 4. The smallest absolute Gasteiger partial charge is 0.488 e. The third-order valence-electron chi connectivity index (χ3n) is 4.50. The summed E-state index contributed by atoms with van der Waals surface area (Å²) in [6.45, 7) is 3.89. The van der Waals surface area contributed by atoms with Crippen LogP contribution in [0.2, 0.25) is 0 Å². The van der Waals surface area contributed by atoms with Gasteiger partial charge >= 0.3 is 7.12 Å². The first kappa shape index (κ1) is 16.3. The van der Waals surface area contributed by atoms with Crippen molar-refractivity contribution in [1.29, 1.82) is 0 Å². The lowest BCUT2D eigenvalue weighted by Crippen LogP contribution is -2.40. The Morgan fingerprint density at radius 1 is 1.24 bits per heavy atom. The molecule has 1 saturated carbocycles. The topological polar surface area (TPSA) is 52.9 Å². The van der Waals surface area contributed by atoms with Gasteiger partial charge in [-0.15, -0.1) is 0 Å². The number of nitrogens with zero attached hydrogens (tertiary/aromatic N) is 1. The second-order valence-corrected chi connectivity index (χ2v) is 5.79. The van der Waals surface area contributed by atoms with E-state index in [-0.39, 0.29) is 0 Å². The molecule has 0 aliphatic heterocycles. The molecule has 1 aromatic rings. The van der Waals surface area contributed by atoms with Crippen molar-refractivity contribution in [2.24, 2.45) is 0 Å². The van der Waals surface area contributed by atoms with Crippen molar-refractivity contribution >= 4 is 12.6 Å². The SMILES string of the molecule is CCN(Cc1cc(OC)ccc1B(O)O)C1CCCCC1. The number of ether oxygens (including phenoxy) is 1. The van der Waals surface area contributed by atoms with Gasteiger partial charge in [0.1, 0.15) is 5.75 Å². The highest BCUT2D eigenvalue weighted by Gasteiger charge is 2.23. The van der Waals surface area contributed by atoms with Crippen LogP contribution in [-0.4, -0.2) is 41.8 Å². The van der Waals surface area contributed by atoms with Crippen molar-refractivity contribution in [2.45, 2.75) is 51.6 Å². The Morgan fingerprint density at radius 2 is 1.95 bits per heavy atom. The van der Waals surface area contributed by atoms with Crippen molar-refractivity contribution in [3.63, 3.8) is 0 Å². The highest BCUT2D eigenvalue weighted by Crippen LogP contribution is 2.24. The fourth-order valence-corrected chi connectivity index (χ4v) is 3.26.